The van der Waals surface area contributed by atoms with Crippen LogP contribution < -0.4 is 4.90 Å². The minimum atomic E-state index is 0.602. The van der Waals surface area contributed by atoms with Crippen LogP contribution in [0.25, 0.3) is 77.5 Å². The Balaban J connectivity index is 1.10. The summed E-state index contributed by atoms with van der Waals surface area (Å²) in [6.45, 7) is 0. The van der Waals surface area contributed by atoms with Crippen LogP contribution in [0, 0.1) is 0 Å². The second kappa shape index (κ2) is 11.9. The molecule has 0 spiro atoms. The van der Waals surface area contributed by atoms with Crippen LogP contribution in [-0.4, -0.2) is 4.98 Å². The molecule has 0 N–H and O–H groups in total. The summed E-state index contributed by atoms with van der Waals surface area (Å²) in [5, 5.41) is 4.41. The van der Waals surface area contributed by atoms with Gasteiger partial charge < -0.3 is 13.7 Å². The van der Waals surface area contributed by atoms with Crippen molar-refractivity contribution in [2.45, 2.75) is 0 Å². The highest BCUT2D eigenvalue weighted by atomic mass is 16.4. The quantitative estimate of drug-likeness (QED) is 0.179. The Kier molecular flexibility index (Phi) is 6.78. The molecule has 0 saturated carbocycles. The van der Waals surface area contributed by atoms with Gasteiger partial charge in [0.25, 0.3) is 0 Å². The van der Waals surface area contributed by atoms with Gasteiger partial charge in [-0.05, 0) is 93.7 Å². The number of hydrogen-bond acceptors (Lipinski definition) is 4. The second-order valence-electron chi connectivity index (χ2n) is 12.8. The Morgan fingerprint density at radius 2 is 0.922 bits per heavy atom. The highest BCUT2D eigenvalue weighted by molar-refractivity contribution is 6.10. The van der Waals surface area contributed by atoms with E-state index >= 15 is 0 Å². The zero-order valence-corrected chi connectivity index (χ0v) is 27.5. The van der Waals surface area contributed by atoms with E-state index in [4.69, 9.17) is 13.8 Å². The minimum absolute atomic E-state index is 0.602. The Morgan fingerprint density at radius 1 is 0.353 bits per heavy atom. The molecule has 0 bridgehead atoms. The van der Waals surface area contributed by atoms with Crippen molar-refractivity contribution in [1.29, 1.82) is 0 Å². The summed E-state index contributed by atoms with van der Waals surface area (Å²) in [4.78, 5) is 7.11. The lowest BCUT2D eigenvalue weighted by atomic mass is 10.0. The summed E-state index contributed by atoms with van der Waals surface area (Å²) in [6.07, 6.45) is 0. The van der Waals surface area contributed by atoms with Gasteiger partial charge in [-0.25, -0.2) is 4.98 Å². The fraction of sp³-hybridized carbons (Fsp3) is 0. The van der Waals surface area contributed by atoms with Gasteiger partial charge in [-0.1, -0.05) is 109 Å². The van der Waals surface area contributed by atoms with Crippen molar-refractivity contribution in [2.75, 3.05) is 4.90 Å². The van der Waals surface area contributed by atoms with E-state index in [1.54, 1.807) is 0 Å². The maximum absolute atomic E-state index is 6.54. The molecule has 2 aromatic heterocycles. The van der Waals surface area contributed by atoms with Gasteiger partial charge in [0.15, 0.2) is 5.58 Å². The number of oxazole rings is 1. The van der Waals surface area contributed by atoms with E-state index in [9.17, 15) is 0 Å². The zero-order chi connectivity index (χ0) is 33.7. The van der Waals surface area contributed by atoms with Crippen molar-refractivity contribution < 1.29 is 8.83 Å². The van der Waals surface area contributed by atoms with Crippen LogP contribution in [0.4, 0.5) is 17.1 Å². The van der Waals surface area contributed by atoms with E-state index in [2.05, 4.69) is 144 Å². The Bertz CT molecular complexity index is 2840. The largest absolute Gasteiger partial charge is 0.456 e. The van der Waals surface area contributed by atoms with Crippen molar-refractivity contribution in [2.24, 2.45) is 0 Å². The third kappa shape index (κ3) is 5.22. The Hall–Kier alpha value is -6.91. The lowest BCUT2D eigenvalue weighted by Gasteiger charge is -2.26. The lowest BCUT2D eigenvalue weighted by molar-refractivity contribution is 0.617. The molecular formula is C47H30N2O2. The van der Waals surface area contributed by atoms with Crippen LogP contribution in [0.1, 0.15) is 0 Å². The number of benzene rings is 8. The number of nitrogens with zero attached hydrogens (tertiary/aromatic N) is 2. The third-order valence-electron chi connectivity index (χ3n) is 9.67. The summed E-state index contributed by atoms with van der Waals surface area (Å²) >= 11 is 0. The van der Waals surface area contributed by atoms with Crippen molar-refractivity contribution in [3.8, 4) is 33.7 Å². The van der Waals surface area contributed by atoms with E-state index in [1.807, 2.05) is 42.5 Å². The molecule has 10 rings (SSSR count). The second-order valence-corrected chi connectivity index (χ2v) is 12.8. The molecule has 0 aliphatic rings. The van der Waals surface area contributed by atoms with Crippen molar-refractivity contribution in [1.82, 2.24) is 4.98 Å². The monoisotopic (exact) mass is 654 g/mol. The van der Waals surface area contributed by atoms with Gasteiger partial charge in [0.2, 0.25) is 5.89 Å². The van der Waals surface area contributed by atoms with Crippen LogP contribution in [0.5, 0.6) is 0 Å². The highest BCUT2D eigenvalue weighted by Crippen LogP contribution is 2.41. The lowest BCUT2D eigenvalue weighted by Crippen LogP contribution is -2.09. The van der Waals surface area contributed by atoms with Gasteiger partial charge in [0.05, 0.1) is 0 Å². The summed E-state index contributed by atoms with van der Waals surface area (Å²) in [7, 11) is 0. The molecule has 0 radical (unpaired) electrons. The highest BCUT2D eigenvalue weighted by Gasteiger charge is 2.18. The molecule has 51 heavy (non-hydrogen) atoms. The van der Waals surface area contributed by atoms with Gasteiger partial charge >= 0.3 is 0 Å². The number of hydrogen-bond donors (Lipinski definition) is 0. The first-order valence-corrected chi connectivity index (χ1v) is 17.1. The maximum Gasteiger partial charge on any atom is 0.227 e. The van der Waals surface area contributed by atoms with Crippen LogP contribution in [0.2, 0.25) is 0 Å². The predicted octanol–water partition coefficient (Wildman–Crippen LogP) is 13.4. The maximum atomic E-state index is 6.54. The normalized spacial score (nSPS) is 11.5. The van der Waals surface area contributed by atoms with Crippen LogP contribution in [-0.2, 0) is 0 Å². The van der Waals surface area contributed by atoms with Gasteiger partial charge in [-0.3, -0.25) is 0 Å². The summed E-state index contributed by atoms with van der Waals surface area (Å²) in [5.74, 6) is 0.602. The zero-order valence-electron chi connectivity index (χ0n) is 27.5. The van der Waals surface area contributed by atoms with E-state index < -0.39 is 0 Å². The van der Waals surface area contributed by atoms with E-state index in [1.165, 1.54) is 33.0 Å². The summed E-state index contributed by atoms with van der Waals surface area (Å²) < 4.78 is 12.7. The number of aromatic nitrogens is 1. The fourth-order valence-corrected chi connectivity index (χ4v) is 7.09. The molecule has 0 unspecified atom stereocenters. The molecule has 2 heterocycles. The smallest absolute Gasteiger partial charge is 0.227 e. The van der Waals surface area contributed by atoms with Crippen LogP contribution >= 0.6 is 0 Å². The molecule has 0 aliphatic carbocycles. The van der Waals surface area contributed by atoms with Gasteiger partial charge in [-0.2, -0.15) is 0 Å². The molecule has 10 aromatic rings. The number of anilines is 3. The molecule has 0 fully saturated rings. The number of furan rings is 1. The SMILES string of the molecule is c1ccc(-c2ccc(N(c3ccc4ccc(-c5ccccc5)cc4c3)c3ccc4c(c3)oc3cc5oc(-c6ccccc6)nc5cc34)cc2)cc1. The first kappa shape index (κ1) is 29.0. The van der Waals surface area contributed by atoms with E-state index in [-0.39, 0.29) is 0 Å². The standard InChI is InChI=1S/C47H30N2O2/c1-4-10-31(11-5-1)33-18-21-38(22-19-33)49(39-23-20-34-16-17-36(26-37(34)27-39)32-12-6-2-7-13-32)40-24-25-41-42-29-43-46(30-45(42)50-44(41)28-40)51-47(48-43)35-14-8-3-9-15-35/h1-30H. The molecule has 0 atom stereocenters. The van der Waals surface area contributed by atoms with Gasteiger partial charge in [-0.15, -0.1) is 0 Å². The van der Waals surface area contributed by atoms with Crippen LogP contribution in [0.3, 0.4) is 0 Å². The van der Waals surface area contributed by atoms with Crippen LogP contribution in [0.15, 0.2) is 191 Å². The molecule has 8 aromatic carbocycles. The van der Waals surface area contributed by atoms with Gasteiger partial charge in [0, 0.05) is 45.5 Å². The third-order valence-corrected chi connectivity index (χ3v) is 9.67. The fourth-order valence-electron chi connectivity index (χ4n) is 7.09. The molecule has 4 nitrogen and oxygen atoms in total. The average molecular weight is 655 g/mol. The molecule has 4 heteroatoms. The van der Waals surface area contributed by atoms with E-state index in [0.717, 1.165) is 50.1 Å². The first-order chi connectivity index (χ1) is 25.2. The number of rotatable bonds is 6. The summed E-state index contributed by atoms with van der Waals surface area (Å²) in [5.41, 5.74) is 11.9. The number of fused-ring (bicyclic) bond motifs is 5. The molecule has 0 saturated heterocycles. The average Bonchev–Trinajstić information content (AvgIpc) is 3.78. The van der Waals surface area contributed by atoms with Crippen molar-refractivity contribution in [3.63, 3.8) is 0 Å². The first-order valence-electron chi connectivity index (χ1n) is 17.1. The predicted molar refractivity (Wildman–Crippen MR) is 210 cm³/mol. The van der Waals surface area contributed by atoms with Crippen molar-refractivity contribution in [3.05, 3.63) is 182 Å². The molecule has 240 valence electrons. The minimum Gasteiger partial charge on any atom is -0.456 e. The topological polar surface area (TPSA) is 42.4 Å². The molecule has 0 aliphatic heterocycles. The van der Waals surface area contributed by atoms with E-state index in [0.29, 0.717) is 11.5 Å². The Morgan fingerprint density at radius 3 is 1.67 bits per heavy atom. The summed E-state index contributed by atoms with van der Waals surface area (Å²) in [6, 6.07) is 63.6. The molecule has 0 amide bonds. The van der Waals surface area contributed by atoms with Crippen molar-refractivity contribution >= 4 is 60.9 Å². The Labute approximate surface area is 294 Å². The molecular weight excluding hydrogens is 625 g/mol. The van der Waals surface area contributed by atoms with Gasteiger partial charge in [0.1, 0.15) is 16.7 Å².